The Kier molecular flexibility index (Phi) is 3.27. The molecule has 1 fully saturated rings. The van der Waals surface area contributed by atoms with Gasteiger partial charge in [-0.05, 0) is 12.0 Å². The molecule has 1 aromatic rings. The van der Waals surface area contributed by atoms with E-state index in [1.807, 2.05) is 0 Å². The monoisotopic (exact) mass is 246 g/mol. The molecule has 1 N–H and O–H groups in total. The molecule has 98 valence electrons. The molecule has 0 spiro atoms. The highest BCUT2D eigenvalue weighted by atomic mass is 16.5. The van der Waals surface area contributed by atoms with Crippen LogP contribution in [0.5, 0.6) is 5.75 Å². The number of fused-ring (bicyclic) bond motifs is 1. The summed E-state index contributed by atoms with van der Waals surface area (Å²) in [5, 5.41) is 3.61. The molecule has 2 aliphatic rings. The fraction of sp³-hybridized carbons (Fsp3) is 0.600. The van der Waals surface area contributed by atoms with E-state index in [-0.39, 0.29) is 0 Å². The summed E-state index contributed by atoms with van der Waals surface area (Å²) in [7, 11) is 0. The fourth-order valence-corrected chi connectivity index (χ4v) is 2.98. The van der Waals surface area contributed by atoms with Crippen molar-refractivity contribution >= 4 is 0 Å². The highest BCUT2D eigenvalue weighted by Gasteiger charge is 2.32. The van der Waals surface area contributed by atoms with Gasteiger partial charge >= 0.3 is 0 Å². The molecule has 3 nitrogen and oxygen atoms in total. The molecule has 2 heterocycles. The number of ether oxygens (including phenoxy) is 1. The van der Waals surface area contributed by atoms with E-state index in [1.54, 1.807) is 0 Å². The van der Waals surface area contributed by atoms with Gasteiger partial charge in [0.2, 0.25) is 0 Å². The van der Waals surface area contributed by atoms with Crippen LogP contribution in [0.1, 0.15) is 25.5 Å². The van der Waals surface area contributed by atoms with Crippen LogP contribution >= 0.6 is 0 Å². The van der Waals surface area contributed by atoms with Crippen LogP contribution in [-0.4, -0.2) is 37.2 Å². The van der Waals surface area contributed by atoms with Crippen LogP contribution in [0.3, 0.4) is 0 Å². The van der Waals surface area contributed by atoms with Gasteiger partial charge in [-0.2, -0.15) is 0 Å². The first-order valence-electron chi connectivity index (χ1n) is 6.95. The summed E-state index contributed by atoms with van der Waals surface area (Å²) in [6.45, 7) is 8.72. The molecule has 0 bridgehead atoms. The van der Waals surface area contributed by atoms with Crippen LogP contribution in [0, 0.1) is 5.92 Å². The van der Waals surface area contributed by atoms with Gasteiger partial charge in [-0.3, -0.25) is 4.90 Å². The number of piperazine rings is 1. The van der Waals surface area contributed by atoms with E-state index in [1.165, 1.54) is 5.56 Å². The first kappa shape index (κ1) is 12.0. The van der Waals surface area contributed by atoms with Crippen LogP contribution in [0.4, 0.5) is 0 Å². The predicted octanol–water partition coefficient (Wildman–Crippen LogP) is 2.05. The van der Waals surface area contributed by atoms with Gasteiger partial charge in [-0.25, -0.2) is 0 Å². The molecular weight excluding hydrogens is 224 g/mol. The molecule has 2 atom stereocenters. The van der Waals surface area contributed by atoms with Crippen LogP contribution in [-0.2, 0) is 0 Å². The van der Waals surface area contributed by atoms with Crippen molar-refractivity contribution in [3.8, 4) is 5.75 Å². The molecule has 0 aliphatic carbocycles. The van der Waals surface area contributed by atoms with Crippen molar-refractivity contribution in [2.75, 3.05) is 26.2 Å². The number of hydrogen-bond donors (Lipinski definition) is 1. The lowest BCUT2D eigenvalue weighted by Crippen LogP contribution is -2.53. The number of nitrogens with one attached hydrogen (secondary N) is 1. The fourth-order valence-electron chi connectivity index (χ4n) is 2.98. The second kappa shape index (κ2) is 4.90. The Morgan fingerprint density at radius 3 is 3.00 bits per heavy atom. The van der Waals surface area contributed by atoms with Crippen LogP contribution in [0.2, 0.25) is 0 Å². The minimum Gasteiger partial charge on any atom is -0.491 e. The average Bonchev–Trinajstić information content (AvgIpc) is 2.82. The molecule has 3 heteroatoms. The van der Waals surface area contributed by atoms with E-state index >= 15 is 0 Å². The maximum atomic E-state index is 5.80. The Hall–Kier alpha value is -1.06. The lowest BCUT2D eigenvalue weighted by molar-refractivity contribution is 0.109. The third-order valence-electron chi connectivity index (χ3n) is 4.16. The van der Waals surface area contributed by atoms with E-state index in [2.05, 4.69) is 48.3 Å². The third kappa shape index (κ3) is 2.13. The molecule has 0 amide bonds. The quantitative estimate of drug-likeness (QED) is 0.864. The van der Waals surface area contributed by atoms with Crippen molar-refractivity contribution in [3.63, 3.8) is 0 Å². The van der Waals surface area contributed by atoms with Gasteiger partial charge < -0.3 is 10.1 Å². The number of nitrogens with zero attached hydrogens (tertiary/aromatic N) is 1. The van der Waals surface area contributed by atoms with Gasteiger partial charge in [0.1, 0.15) is 12.4 Å². The minimum atomic E-state index is 0.449. The Bertz CT molecular complexity index is 419. The molecule has 1 aromatic carbocycles. The molecular formula is C15H22N2O. The zero-order valence-corrected chi connectivity index (χ0v) is 11.2. The van der Waals surface area contributed by atoms with Crippen molar-refractivity contribution < 1.29 is 4.74 Å². The van der Waals surface area contributed by atoms with Crippen molar-refractivity contribution in [1.29, 1.82) is 0 Å². The molecule has 18 heavy (non-hydrogen) atoms. The smallest absolute Gasteiger partial charge is 0.124 e. The zero-order valence-electron chi connectivity index (χ0n) is 11.2. The summed E-state index contributed by atoms with van der Waals surface area (Å²) < 4.78 is 5.80. The maximum Gasteiger partial charge on any atom is 0.124 e. The van der Waals surface area contributed by atoms with E-state index in [0.29, 0.717) is 18.0 Å². The first-order valence-corrected chi connectivity index (χ1v) is 6.95. The normalized spacial score (nSPS) is 28.2. The first-order chi connectivity index (χ1) is 8.75. The van der Waals surface area contributed by atoms with Crippen LogP contribution in [0.25, 0.3) is 0 Å². The topological polar surface area (TPSA) is 24.5 Å². The summed E-state index contributed by atoms with van der Waals surface area (Å²) in [5.41, 5.74) is 1.36. The number of benzene rings is 1. The lowest BCUT2D eigenvalue weighted by Gasteiger charge is -2.38. The molecule has 1 saturated heterocycles. The SMILES string of the molecule is CC(C)C1CN(C2COc3ccccc32)CCN1. The third-order valence-corrected chi connectivity index (χ3v) is 4.16. The predicted molar refractivity (Wildman–Crippen MR) is 72.9 cm³/mol. The van der Waals surface area contributed by atoms with Gasteiger partial charge in [0.05, 0.1) is 6.04 Å². The maximum absolute atomic E-state index is 5.80. The Morgan fingerprint density at radius 2 is 2.17 bits per heavy atom. The lowest BCUT2D eigenvalue weighted by atomic mass is 9.99. The Morgan fingerprint density at radius 1 is 1.33 bits per heavy atom. The Balaban J connectivity index is 1.76. The molecule has 0 saturated carbocycles. The van der Waals surface area contributed by atoms with Gasteiger partial charge in [-0.15, -0.1) is 0 Å². The Labute approximate surface area is 109 Å². The van der Waals surface area contributed by atoms with E-state index < -0.39 is 0 Å². The minimum absolute atomic E-state index is 0.449. The van der Waals surface area contributed by atoms with Gasteiger partial charge in [0, 0.05) is 31.2 Å². The molecule has 0 aromatic heterocycles. The van der Waals surface area contributed by atoms with Crippen LogP contribution in [0.15, 0.2) is 24.3 Å². The van der Waals surface area contributed by atoms with E-state index in [9.17, 15) is 0 Å². The number of hydrogen-bond acceptors (Lipinski definition) is 3. The number of para-hydroxylation sites is 1. The largest absolute Gasteiger partial charge is 0.491 e. The highest BCUT2D eigenvalue weighted by Crippen LogP contribution is 2.36. The van der Waals surface area contributed by atoms with Crippen molar-refractivity contribution in [2.45, 2.75) is 25.9 Å². The summed E-state index contributed by atoms with van der Waals surface area (Å²) in [5.74, 6) is 1.76. The average molecular weight is 246 g/mol. The highest BCUT2D eigenvalue weighted by molar-refractivity contribution is 5.39. The van der Waals surface area contributed by atoms with Crippen LogP contribution < -0.4 is 10.1 Å². The van der Waals surface area contributed by atoms with Crippen molar-refractivity contribution in [1.82, 2.24) is 10.2 Å². The molecule has 2 aliphatic heterocycles. The summed E-state index contributed by atoms with van der Waals surface area (Å²) in [6, 6.07) is 9.51. The summed E-state index contributed by atoms with van der Waals surface area (Å²) >= 11 is 0. The summed E-state index contributed by atoms with van der Waals surface area (Å²) in [6.07, 6.45) is 0. The summed E-state index contributed by atoms with van der Waals surface area (Å²) in [4.78, 5) is 2.58. The molecule has 0 radical (unpaired) electrons. The molecule has 2 unspecified atom stereocenters. The van der Waals surface area contributed by atoms with Gasteiger partial charge in [0.15, 0.2) is 0 Å². The van der Waals surface area contributed by atoms with E-state index in [0.717, 1.165) is 32.0 Å². The van der Waals surface area contributed by atoms with Crippen molar-refractivity contribution in [2.24, 2.45) is 5.92 Å². The van der Waals surface area contributed by atoms with Crippen molar-refractivity contribution in [3.05, 3.63) is 29.8 Å². The zero-order chi connectivity index (χ0) is 12.5. The van der Waals surface area contributed by atoms with Gasteiger partial charge in [0.25, 0.3) is 0 Å². The second-order valence-electron chi connectivity index (χ2n) is 5.66. The molecule has 3 rings (SSSR count). The second-order valence-corrected chi connectivity index (χ2v) is 5.66. The standard InChI is InChI=1S/C15H22N2O/c1-11(2)13-9-17(8-7-16-13)14-10-18-15-6-4-3-5-12(14)15/h3-6,11,13-14,16H,7-10H2,1-2H3. The number of rotatable bonds is 2. The van der Waals surface area contributed by atoms with E-state index in [4.69, 9.17) is 4.74 Å². The van der Waals surface area contributed by atoms with Gasteiger partial charge in [-0.1, -0.05) is 32.0 Å².